The predicted octanol–water partition coefficient (Wildman–Crippen LogP) is 2.45. The van der Waals surface area contributed by atoms with Crippen LogP contribution in [0.15, 0.2) is 30.3 Å². The summed E-state index contributed by atoms with van der Waals surface area (Å²) in [6.07, 6.45) is 0.662. The first-order valence-corrected chi connectivity index (χ1v) is 6.04. The van der Waals surface area contributed by atoms with E-state index < -0.39 is 19.0 Å². The molecular formula is C14H15F2NO2. The van der Waals surface area contributed by atoms with Gasteiger partial charge in [-0.1, -0.05) is 18.2 Å². The van der Waals surface area contributed by atoms with Gasteiger partial charge in [-0.15, -0.1) is 0 Å². The molecule has 0 radical (unpaired) electrons. The number of halogens is 2. The van der Waals surface area contributed by atoms with Crippen molar-refractivity contribution < 1.29 is 18.7 Å². The molecule has 1 aliphatic rings. The van der Waals surface area contributed by atoms with Crippen LogP contribution in [0, 0.1) is 0 Å². The molecule has 0 aliphatic carbocycles. The van der Waals surface area contributed by atoms with Crippen molar-refractivity contribution in [2.45, 2.75) is 19.3 Å². The molecule has 1 aliphatic heterocycles. The summed E-state index contributed by atoms with van der Waals surface area (Å²) in [6, 6.07) is 6.54. The van der Waals surface area contributed by atoms with Crippen molar-refractivity contribution in [2.24, 2.45) is 0 Å². The van der Waals surface area contributed by atoms with Gasteiger partial charge in [-0.3, -0.25) is 4.79 Å². The van der Waals surface area contributed by atoms with Gasteiger partial charge < -0.3 is 10.0 Å². The second-order valence-corrected chi connectivity index (χ2v) is 4.44. The Morgan fingerprint density at radius 2 is 2.16 bits per heavy atom. The van der Waals surface area contributed by atoms with Crippen LogP contribution in [-0.4, -0.2) is 30.1 Å². The zero-order valence-electron chi connectivity index (χ0n) is 10.6. The number of anilines is 1. The predicted molar refractivity (Wildman–Crippen MR) is 69.1 cm³/mol. The van der Waals surface area contributed by atoms with Gasteiger partial charge in [-0.25, -0.2) is 8.78 Å². The lowest BCUT2D eigenvalue weighted by Gasteiger charge is -2.20. The van der Waals surface area contributed by atoms with Gasteiger partial charge in [0.15, 0.2) is 0 Å². The van der Waals surface area contributed by atoms with E-state index in [9.17, 15) is 13.6 Å². The molecule has 1 aromatic carbocycles. The number of rotatable bonds is 1. The van der Waals surface area contributed by atoms with Gasteiger partial charge in [0.2, 0.25) is 5.91 Å². The number of hydrogen-bond acceptors (Lipinski definition) is 2. The molecule has 0 saturated heterocycles. The van der Waals surface area contributed by atoms with Crippen LogP contribution in [-0.2, 0) is 4.79 Å². The minimum Gasteiger partial charge on any atom is -0.392 e. The Kier molecular flexibility index (Phi) is 3.66. The van der Waals surface area contributed by atoms with E-state index in [-0.39, 0.29) is 18.0 Å². The summed E-state index contributed by atoms with van der Waals surface area (Å²) < 4.78 is 28.2. The normalized spacial score (nSPS) is 20.0. The molecule has 0 saturated carbocycles. The first-order chi connectivity index (χ1) is 8.97. The summed E-state index contributed by atoms with van der Waals surface area (Å²) in [5.74, 6) is -3.32. The van der Waals surface area contributed by atoms with E-state index >= 15 is 0 Å². The quantitative estimate of drug-likeness (QED) is 0.849. The number of para-hydroxylation sites is 1. The van der Waals surface area contributed by atoms with E-state index in [2.05, 4.69) is 0 Å². The highest BCUT2D eigenvalue weighted by Gasteiger charge is 2.39. The lowest BCUT2D eigenvalue weighted by atomic mass is 9.97. The van der Waals surface area contributed by atoms with Crippen LogP contribution >= 0.6 is 0 Å². The van der Waals surface area contributed by atoms with E-state index in [0.717, 1.165) is 6.08 Å². The number of aliphatic hydroxyl groups is 1. The second kappa shape index (κ2) is 5.09. The van der Waals surface area contributed by atoms with E-state index in [1.807, 2.05) is 0 Å². The Morgan fingerprint density at radius 3 is 2.79 bits per heavy atom. The molecule has 2 rings (SSSR count). The van der Waals surface area contributed by atoms with E-state index in [4.69, 9.17) is 5.11 Å². The first kappa shape index (κ1) is 13.7. The molecule has 0 unspecified atom stereocenters. The third-order valence-corrected chi connectivity index (χ3v) is 3.20. The third-order valence-electron chi connectivity index (χ3n) is 3.20. The van der Waals surface area contributed by atoms with Crippen LogP contribution in [0.2, 0.25) is 0 Å². The van der Waals surface area contributed by atoms with Crippen LogP contribution in [0.1, 0.15) is 18.9 Å². The average molecular weight is 267 g/mol. The van der Waals surface area contributed by atoms with Crippen LogP contribution in [0.4, 0.5) is 14.5 Å². The maximum Gasteiger partial charge on any atom is 0.275 e. The topological polar surface area (TPSA) is 40.5 Å². The smallest absolute Gasteiger partial charge is 0.275 e. The van der Waals surface area contributed by atoms with Crippen molar-refractivity contribution in [1.29, 1.82) is 0 Å². The zero-order valence-corrected chi connectivity index (χ0v) is 10.6. The minimum absolute atomic E-state index is 0.0396. The van der Waals surface area contributed by atoms with Crippen molar-refractivity contribution >= 4 is 17.2 Å². The number of nitrogens with zero attached hydrogens (tertiary/aromatic N) is 1. The van der Waals surface area contributed by atoms with Crippen LogP contribution in [0.25, 0.3) is 5.57 Å². The number of benzene rings is 1. The molecule has 0 spiro atoms. The van der Waals surface area contributed by atoms with Gasteiger partial charge in [0.25, 0.3) is 5.92 Å². The minimum atomic E-state index is -3.05. The highest BCUT2D eigenvalue weighted by Crippen LogP contribution is 2.42. The molecule has 0 fully saturated rings. The van der Waals surface area contributed by atoms with E-state index in [1.54, 1.807) is 24.3 Å². The third kappa shape index (κ3) is 2.51. The monoisotopic (exact) mass is 267 g/mol. The summed E-state index contributed by atoms with van der Waals surface area (Å²) in [4.78, 5) is 13.0. The number of fused-ring (bicyclic) bond motifs is 1. The second-order valence-electron chi connectivity index (χ2n) is 4.44. The maximum atomic E-state index is 14.1. The zero-order chi connectivity index (χ0) is 14.0. The van der Waals surface area contributed by atoms with Gasteiger partial charge in [0.1, 0.15) is 0 Å². The molecule has 1 N–H and O–H groups in total. The Balaban J connectivity index is 2.64. The highest BCUT2D eigenvalue weighted by molar-refractivity contribution is 5.96. The fourth-order valence-electron chi connectivity index (χ4n) is 2.32. The van der Waals surface area contributed by atoms with Crippen molar-refractivity contribution in [1.82, 2.24) is 0 Å². The number of hydrogen-bond donors (Lipinski definition) is 1. The van der Waals surface area contributed by atoms with Crippen molar-refractivity contribution in [3.05, 3.63) is 35.9 Å². The maximum absolute atomic E-state index is 14.1. The van der Waals surface area contributed by atoms with Crippen molar-refractivity contribution in [3.8, 4) is 0 Å². The van der Waals surface area contributed by atoms with Gasteiger partial charge in [0.05, 0.1) is 12.3 Å². The molecule has 1 amide bonds. The summed E-state index contributed by atoms with van der Waals surface area (Å²) >= 11 is 0. The Hall–Kier alpha value is -1.75. The summed E-state index contributed by atoms with van der Waals surface area (Å²) in [5, 5.41) is 8.95. The van der Waals surface area contributed by atoms with Crippen molar-refractivity contribution in [3.63, 3.8) is 0 Å². The van der Waals surface area contributed by atoms with Gasteiger partial charge in [-0.05, 0) is 12.1 Å². The number of allylic oxidation sites excluding steroid dienone is 1. The molecule has 102 valence electrons. The molecule has 1 aromatic rings. The van der Waals surface area contributed by atoms with E-state index in [0.29, 0.717) is 11.3 Å². The van der Waals surface area contributed by atoms with Gasteiger partial charge >= 0.3 is 0 Å². The van der Waals surface area contributed by atoms with Crippen LogP contribution in [0.3, 0.4) is 0 Å². The van der Waals surface area contributed by atoms with Crippen LogP contribution < -0.4 is 4.90 Å². The lowest BCUT2D eigenvalue weighted by molar-refractivity contribution is -0.116. The molecule has 19 heavy (non-hydrogen) atoms. The van der Waals surface area contributed by atoms with Crippen LogP contribution in [0.5, 0.6) is 0 Å². The summed E-state index contributed by atoms with van der Waals surface area (Å²) in [5.41, 5.74) is 0.551. The average Bonchev–Trinajstić information content (AvgIpc) is 2.46. The Bertz CT molecular complexity index is 526. The molecule has 3 nitrogen and oxygen atoms in total. The number of carbonyl (C=O) groups is 1. The molecule has 5 heteroatoms. The number of carbonyl (C=O) groups excluding carboxylic acids is 1. The standard InChI is InChI=1S/C14H15F2NO2/c1-10(19)17-8-7-14(15,16)12(6-9-18)11-4-2-3-5-13(11)17/h2-6,18H,7-9H2,1H3/b12-6-. The van der Waals surface area contributed by atoms with Gasteiger partial charge in [0, 0.05) is 31.0 Å². The highest BCUT2D eigenvalue weighted by atomic mass is 19.3. The molecular weight excluding hydrogens is 252 g/mol. The molecule has 0 aromatic heterocycles. The molecule has 0 bridgehead atoms. The SMILES string of the molecule is CC(=O)N1CCC(F)(F)/C(=C\CO)c2ccccc21. The number of amides is 1. The fourth-order valence-corrected chi connectivity index (χ4v) is 2.32. The van der Waals surface area contributed by atoms with Gasteiger partial charge in [-0.2, -0.15) is 0 Å². The summed E-state index contributed by atoms with van der Waals surface area (Å²) in [6.45, 7) is 0.858. The number of aliphatic hydroxyl groups excluding tert-OH is 1. The Morgan fingerprint density at radius 1 is 1.47 bits per heavy atom. The first-order valence-electron chi connectivity index (χ1n) is 6.04. The number of alkyl halides is 2. The fraction of sp³-hybridized carbons (Fsp3) is 0.357. The molecule has 0 atom stereocenters. The largest absolute Gasteiger partial charge is 0.392 e. The lowest BCUT2D eigenvalue weighted by Crippen LogP contribution is -2.31. The van der Waals surface area contributed by atoms with Crippen molar-refractivity contribution in [2.75, 3.05) is 18.1 Å². The van der Waals surface area contributed by atoms with E-state index in [1.165, 1.54) is 11.8 Å². The molecule has 1 heterocycles. The summed E-state index contributed by atoms with van der Waals surface area (Å²) in [7, 11) is 0. The Labute approximate surface area is 110 Å².